The number of nitrogens with two attached hydrogens (primary N) is 2. The van der Waals surface area contributed by atoms with E-state index in [-0.39, 0.29) is 63.2 Å². The molecule has 2 aliphatic heterocycles. The molecule has 12 N–H and O–H groups in total. The second kappa shape index (κ2) is 24.6. The molecular weight excluding hydrogens is 915 g/mol. The molecule has 10 atom stereocenters. The summed E-state index contributed by atoms with van der Waals surface area (Å²) in [4.78, 5) is 106. The molecule has 6 amide bonds. The van der Waals surface area contributed by atoms with Crippen molar-refractivity contribution in [3.63, 3.8) is 0 Å². The van der Waals surface area contributed by atoms with Crippen LogP contribution in [0.15, 0.2) is 59.6 Å². The van der Waals surface area contributed by atoms with Crippen molar-refractivity contribution in [3.8, 4) is 5.75 Å². The molecule has 0 aromatic heterocycles. The van der Waals surface area contributed by atoms with Gasteiger partial charge in [-0.25, -0.2) is 8.98 Å². The van der Waals surface area contributed by atoms with Gasteiger partial charge >= 0.3 is 16.4 Å². The number of hydrogen-bond donors (Lipinski definition) is 10. The van der Waals surface area contributed by atoms with Crippen molar-refractivity contribution in [1.82, 2.24) is 31.1 Å². The summed E-state index contributed by atoms with van der Waals surface area (Å²) >= 11 is 0. The number of phenolic OH excluding ortho intramolecular Hbond substituents is 1. The van der Waals surface area contributed by atoms with Crippen LogP contribution < -0.4 is 32.7 Å². The molecule has 25 heteroatoms. The first-order chi connectivity index (χ1) is 32.0. The molecule has 2 bridgehead atoms. The Morgan fingerprint density at radius 1 is 0.926 bits per heavy atom. The maximum atomic E-state index is 15.0. The normalized spacial score (nSPS) is 25.6. The van der Waals surface area contributed by atoms with E-state index in [1.165, 1.54) is 38.2 Å². The Hall–Kier alpha value is -6.41. The van der Waals surface area contributed by atoms with Gasteiger partial charge in [-0.1, -0.05) is 62.7 Å². The third-order valence-corrected chi connectivity index (χ3v) is 12.1. The molecule has 3 unspecified atom stereocenters. The zero-order chi connectivity index (χ0) is 50.5. The van der Waals surface area contributed by atoms with Crippen LogP contribution >= 0.6 is 0 Å². The Morgan fingerprint density at radius 3 is 2.18 bits per heavy atom. The highest BCUT2D eigenvalue weighted by atomic mass is 32.3. The standard InChI is InChI=1S/C43H61N9O15S/c1-5-23(2)34-42(62)67-24(3)35(50-38(58)32(54)22-66-68(63,64)65)39(59)47-28(12-9-19-46-43(44)45)36(56)48-29-17-18-33(55)52(40(29)60)31(21-25-10-7-6-8-11-25)41(61)51(4)30(37(57)49-34)20-26-13-15-27(53)16-14-26/h6-8,10-11,13-16,23-24,28-35,53-55H,5,9,12,17-22H2,1-4H3,(H,47,59)(H,48,56)(H,49,57)(H,50,58)(H4,44,45,46)(H,63,64,65)/t23?,24-,28-,29-,30-,31-,32?,33+,34?,35-/m0/s1. The van der Waals surface area contributed by atoms with Crippen LogP contribution in [-0.2, 0) is 65.7 Å². The first-order valence-electron chi connectivity index (χ1n) is 21.9. The highest BCUT2D eigenvalue weighted by Crippen LogP contribution is 2.26. The maximum Gasteiger partial charge on any atom is 0.397 e. The van der Waals surface area contributed by atoms with Crippen molar-refractivity contribution >= 4 is 57.8 Å². The van der Waals surface area contributed by atoms with Crippen LogP contribution in [0.4, 0.5) is 0 Å². The van der Waals surface area contributed by atoms with E-state index in [9.17, 15) is 52.5 Å². The van der Waals surface area contributed by atoms with Crippen LogP contribution in [0.2, 0.25) is 0 Å². The Morgan fingerprint density at radius 2 is 1.56 bits per heavy atom. The molecular formula is C43H61N9O15S. The van der Waals surface area contributed by atoms with Crippen LogP contribution in [0, 0.1) is 5.92 Å². The Bertz CT molecular complexity index is 2250. The molecule has 2 fully saturated rings. The largest absolute Gasteiger partial charge is 0.508 e. The van der Waals surface area contributed by atoms with Gasteiger partial charge in [0.05, 0.1) is 0 Å². The summed E-state index contributed by atoms with van der Waals surface area (Å²) in [6.45, 7) is 3.14. The summed E-state index contributed by atoms with van der Waals surface area (Å²) in [6, 6.07) is 5.04. The number of likely N-dealkylation sites (N-methyl/N-ethyl adjacent to an activating group) is 1. The number of hydrogen-bond acceptors (Lipinski definition) is 15. The predicted molar refractivity (Wildman–Crippen MR) is 241 cm³/mol. The van der Waals surface area contributed by atoms with Crippen molar-refractivity contribution in [2.75, 3.05) is 20.2 Å². The number of guanidine groups is 1. The molecule has 2 aliphatic rings. The number of aliphatic hydroxyl groups excluding tert-OH is 2. The lowest BCUT2D eigenvalue weighted by atomic mass is 9.95. The number of ether oxygens (including phenoxy) is 1. The van der Waals surface area contributed by atoms with Crippen molar-refractivity contribution in [2.45, 2.75) is 120 Å². The predicted octanol–water partition coefficient (Wildman–Crippen LogP) is -2.52. The molecule has 2 aromatic rings. The number of piperidine rings is 1. The van der Waals surface area contributed by atoms with Gasteiger partial charge in [0, 0.05) is 26.4 Å². The number of rotatable bonds is 15. The number of nitrogens with one attached hydrogen (secondary N) is 4. The van der Waals surface area contributed by atoms with Crippen molar-refractivity contribution in [1.29, 1.82) is 0 Å². The van der Waals surface area contributed by atoms with E-state index in [1.54, 1.807) is 44.2 Å². The summed E-state index contributed by atoms with van der Waals surface area (Å²) in [6.07, 6.45) is -6.07. The molecule has 2 saturated heterocycles. The minimum absolute atomic E-state index is 0.0360. The topological polar surface area (TPSA) is 372 Å². The van der Waals surface area contributed by atoms with Crippen LogP contribution in [0.25, 0.3) is 0 Å². The fourth-order valence-electron chi connectivity index (χ4n) is 7.61. The average Bonchev–Trinajstić information content (AvgIpc) is 3.29. The molecule has 0 saturated carbocycles. The van der Waals surface area contributed by atoms with E-state index in [1.807, 2.05) is 0 Å². The zero-order valence-electron chi connectivity index (χ0n) is 38.0. The molecule has 2 aromatic carbocycles. The fraction of sp³-hybridized carbons (Fsp3) is 0.535. The number of benzene rings is 2. The number of esters is 1. The van der Waals surface area contributed by atoms with Gasteiger partial charge in [0.15, 0.2) is 12.1 Å². The van der Waals surface area contributed by atoms with Gasteiger partial charge in [-0.05, 0) is 61.8 Å². The fourth-order valence-corrected chi connectivity index (χ4v) is 7.91. The first kappa shape index (κ1) is 54.2. The van der Waals surface area contributed by atoms with Crippen LogP contribution in [0.3, 0.4) is 0 Å². The van der Waals surface area contributed by atoms with E-state index in [2.05, 4.69) is 30.4 Å². The molecule has 24 nitrogen and oxygen atoms in total. The van der Waals surface area contributed by atoms with Crippen LogP contribution in [0.5, 0.6) is 5.75 Å². The number of aliphatic hydroxyl groups is 2. The summed E-state index contributed by atoms with van der Waals surface area (Å²) in [5.41, 5.74) is 12.0. The van der Waals surface area contributed by atoms with Gasteiger partial charge in [0.25, 0.3) is 5.91 Å². The van der Waals surface area contributed by atoms with Gasteiger partial charge in [-0.3, -0.25) is 38.3 Å². The SMILES string of the molecule is CCC(C)C1NC(=O)[C@H](Cc2ccc(O)cc2)N(C)C(=O)[C@H](Cc2ccccc2)N2C(=O)[C@H](CC[C@H]2O)NC(=O)[C@H](CCCN=C(N)N)NC(=O)[C@@H](NC(=O)C(O)COS(=O)(=O)O)[C@H](C)OC1=O. The zero-order valence-corrected chi connectivity index (χ0v) is 38.8. The summed E-state index contributed by atoms with van der Waals surface area (Å²) in [5.74, 6) is -8.30. The average molecular weight is 976 g/mol. The number of cyclic esters (lactones) is 1. The van der Waals surface area contributed by atoms with E-state index < -0.39 is 119 Å². The summed E-state index contributed by atoms with van der Waals surface area (Å²) < 4.78 is 41.2. The molecule has 68 heavy (non-hydrogen) atoms. The molecule has 4 rings (SSSR count). The second-order valence-corrected chi connectivity index (χ2v) is 17.7. The molecule has 0 aliphatic carbocycles. The number of amides is 6. The van der Waals surface area contributed by atoms with E-state index in [0.717, 1.165) is 9.80 Å². The number of fused-ring (bicyclic) bond motifs is 2. The van der Waals surface area contributed by atoms with E-state index >= 15 is 4.79 Å². The van der Waals surface area contributed by atoms with Gasteiger partial charge in [0.1, 0.15) is 60.9 Å². The third kappa shape index (κ3) is 15.3. The summed E-state index contributed by atoms with van der Waals surface area (Å²) in [5, 5.41) is 41.9. The van der Waals surface area contributed by atoms with Crippen molar-refractivity contribution in [3.05, 3.63) is 65.7 Å². The quantitative estimate of drug-likeness (QED) is 0.0289. The molecule has 2 heterocycles. The number of nitrogens with zero attached hydrogens (tertiary/aromatic N) is 3. The third-order valence-electron chi connectivity index (χ3n) is 11.7. The minimum Gasteiger partial charge on any atom is -0.508 e. The summed E-state index contributed by atoms with van der Waals surface area (Å²) in [7, 11) is -3.82. The number of carbonyl (C=O) groups excluding carboxylic acids is 7. The van der Waals surface area contributed by atoms with E-state index in [4.69, 9.17) is 20.8 Å². The van der Waals surface area contributed by atoms with E-state index in [0.29, 0.717) is 11.1 Å². The number of phenols is 1. The van der Waals surface area contributed by atoms with Gasteiger partial charge in [0.2, 0.25) is 29.5 Å². The lowest BCUT2D eigenvalue weighted by Crippen LogP contribution is -2.65. The first-order valence-corrected chi connectivity index (χ1v) is 23.2. The number of carbonyl (C=O) groups is 7. The highest BCUT2D eigenvalue weighted by Gasteiger charge is 2.46. The monoisotopic (exact) mass is 975 g/mol. The van der Waals surface area contributed by atoms with Crippen LogP contribution in [-0.4, -0.2) is 160 Å². The lowest BCUT2D eigenvalue weighted by molar-refractivity contribution is -0.165. The number of aromatic hydroxyl groups is 1. The van der Waals surface area contributed by atoms with Crippen molar-refractivity contribution < 1.29 is 70.8 Å². The smallest absolute Gasteiger partial charge is 0.397 e. The van der Waals surface area contributed by atoms with Gasteiger partial charge < -0.3 is 62.6 Å². The Labute approximate surface area is 393 Å². The second-order valence-electron chi connectivity index (χ2n) is 16.6. The Balaban J connectivity index is 1.89. The number of aliphatic imine (C=N–C) groups is 1. The van der Waals surface area contributed by atoms with Crippen molar-refractivity contribution in [2.24, 2.45) is 22.4 Å². The molecule has 0 radical (unpaired) electrons. The maximum absolute atomic E-state index is 15.0. The highest BCUT2D eigenvalue weighted by molar-refractivity contribution is 7.80. The van der Waals surface area contributed by atoms with Crippen LogP contribution in [0.1, 0.15) is 64.0 Å². The molecule has 374 valence electrons. The lowest BCUT2D eigenvalue weighted by Gasteiger charge is -2.43. The molecule has 0 spiro atoms. The van der Waals surface area contributed by atoms with Gasteiger partial charge in [-0.2, -0.15) is 8.42 Å². The van der Waals surface area contributed by atoms with Gasteiger partial charge in [-0.15, -0.1) is 0 Å². The minimum atomic E-state index is -5.14. The Kier molecular flexibility index (Phi) is 19.6.